The molecule has 1 N–H and O–H groups in total. The van der Waals surface area contributed by atoms with Gasteiger partial charge in [0.15, 0.2) is 0 Å². The first-order chi connectivity index (χ1) is 9.82. The lowest BCUT2D eigenvalue weighted by Crippen LogP contribution is -2.38. The van der Waals surface area contributed by atoms with Crippen LogP contribution in [0.15, 0.2) is 27.6 Å². The van der Waals surface area contributed by atoms with Crippen molar-refractivity contribution in [1.29, 1.82) is 0 Å². The van der Waals surface area contributed by atoms with Gasteiger partial charge >= 0.3 is 5.97 Å². The number of sulfonamides is 1. The highest BCUT2D eigenvalue weighted by Gasteiger charge is 2.54. The van der Waals surface area contributed by atoms with E-state index in [-0.39, 0.29) is 10.9 Å². The van der Waals surface area contributed by atoms with E-state index in [1.807, 2.05) is 0 Å². The monoisotopic (exact) mass is 393 g/mol. The van der Waals surface area contributed by atoms with Gasteiger partial charge in [-0.05, 0) is 53.4 Å². The number of benzene rings is 1. The number of hydrogen-bond acceptors (Lipinski definition) is 3. The summed E-state index contributed by atoms with van der Waals surface area (Å²) in [7, 11) is -3.72. The highest BCUT2D eigenvalue weighted by molar-refractivity contribution is 9.10. The zero-order valence-electron chi connectivity index (χ0n) is 10.9. The second-order valence-electron chi connectivity index (χ2n) is 5.39. The molecule has 0 spiro atoms. The van der Waals surface area contributed by atoms with Gasteiger partial charge in [0.05, 0.1) is 10.8 Å². The number of nitrogens with zero attached hydrogens (tertiary/aromatic N) is 1. The third kappa shape index (κ3) is 2.40. The first-order valence-electron chi connectivity index (χ1n) is 6.54. The smallest absolute Gasteiger partial charge is 0.308 e. The van der Waals surface area contributed by atoms with Crippen molar-refractivity contribution in [2.75, 3.05) is 0 Å². The molecule has 1 aromatic carbocycles. The van der Waals surface area contributed by atoms with Crippen molar-refractivity contribution in [1.82, 2.24) is 4.31 Å². The Morgan fingerprint density at radius 1 is 1.38 bits per heavy atom. The lowest BCUT2D eigenvalue weighted by Gasteiger charge is -2.23. The summed E-state index contributed by atoms with van der Waals surface area (Å²) in [4.78, 5) is 11.4. The van der Waals surface area contributed by atoms with Crippen molar-refractivity contribution < 1.29 is 18.3 Å². The molecule has 2 heterocycles. The molecule has 3 unspecified atom stereocenters. The van der Waals surface area contributed by atoms with Crippen LogP contribution in [0.5, 0.6) is 0 Å². The summed E-state index contributed by atoms with van der Waals surface area (Å²) in [6.45, 7) is 0. The number of fused-ring (bicyclic) bond motifs is 2. The highest BCUT2D eigenvalue weighted by atomic mass is 79.9. The fourth-order valence-electron chi connectivity index (χ4n) is 3.38. The molecular weight excluding hydrogens is 382 g/mol. The number of halogens is 2. The van der Waals surface area contributed by atoms with Crippen LogP contribution in [0.25, 0.3) is 0 Å². The van der Waals surface area contributed by atoms with Gasteiger partial charge in [-0.3, -0.25) is 4.79 Å². The summed E-state index contributed by atoms with van der Waals surface area (Å²) in [6, 6.07) is 3.84. The third-order valence-electron chi connectivity index (χ3n) is 4.24. The standard InChI is InChI=1S/C13H13BrClNO4S/c14-10-5-7(15)1-4-12(10)21(19,20)16-8-2-3-11(16)9(6-8)13(17)18/h1,4-5,8-9,11H,2-3,6H2,(H,17,18). The second-order valence-corrected chi connectivity index (χ2v) is 8.49. The van der Waals surface area contributed by atoms with Crippen molar-refractivity contribution in [2.45, 2.75) is 36.2 Å². The molecule has 2 aliphatic rings. The van der Waals surface area contributed by atoms with Crippen LogP contribution in [0.4, 0.5) is 0 Å². The zero-order valence-corrected chi connectivity index (χ0v) is 14.0. The van der Waals surface area contributed by atoms with Crippen LogP contribution in [0.2, 0.25) is 5.02 Å². The van der Waals surface area contributed by atoms with E-state index in [0.717, 1.165) is 6.42 Å². The van der Waals surface area contributed by atoms with Crippen molar-refractivity contribution >= 4 is 43.5 Å². The van der Waals surface area contributed by atoms with Gasteiger partial charge in [-0.25, -0.2) is 8.42 Å². The summed E-state index contributed by atoms with van der Waals surface area (Å²) in [5.74, 6) is -1.53. The van der Waals surface area contributed by atoms with E-state index in [9.17, 15) is 18.3 Å². The molecule has 3 atom stereocenters. The van der Waals surface area contributed by atoms with E-state index in [0.29, 0.717) is 22.3 Å². The summed E-state index contributed by atoms with van der Waals surface area (Å²) < 4.78 is 27.5. The van der Waals surface area contributed by atoms with Gasteiger partial charge in [0.2, 0.25) is 10.0 Å². The molecule has 2 bridgehead atoms. The predicted octanol–water partition coefficient (Wildman–Crippen LogP) is 2.73. The van der Waals surface area contributed by atoms with Crippen LogP contribution in [-0.4, -0.2) is 35.9 Å². The minimum absolute atomic E-state index is 0.134. The summed E-state index contributed by atoms with van der Waals surface area (Å²) in [5.41, 5.74) is 0. The minimum Gasteiger partial charge on any atom is -0.481 e. The molecule has 8 heteroatoms. The number of hydrogen-bond donors (Lipinski definition) is 1. The highest BCUT2D eigenvalue weighted by Crippen LogP contribution is 2.45. The Morgan fingerprint density at radius 3 is 2.67 bits per heavy atom. The maximum atomic E-state index is 12.9. The molecule has 0 saturated carbocycles. The first-order valence-corrected chi connectivity index (χ1v) is 9.15. The zero-order chi connectivity index (χ0) is 15.4. The fourth-order valence-corrected chi connectivity index (χ4v) is 6.64. The van der Waals surface area contributed by atoms with E-state index in [2.05, 4.69) is 15.9 Å². The first kappa shape index (κ1) is 15.3. The SMILES string of the molecule is O=C(O)C1CC2CCC1N2S(=O)(=O)c1ccc(Cl)cc1Br. The Bertz CT molecular complexity index is 708. The molecule has 21 heavy (non-hydrogen) atoms. The van der Waals surface area contributed by atoms with E-state index in [4.69, 9.17) is 11.6 Å². The normalized spacial score (nSPS) is 29.0. The average molecular weight is 395 g/mol. The van der Waals surface area contributed by atoms with Gasteiger partial charge in [-0.1, -0.05) is 11.6 Å². The molecule has 2 fully saturated rings. The molecule has 1 aromatic rings. The van der Waals surface area contributed by atoms with Crippen molar-refractivity contribution in [3.05, 3.63) is 27.7 Å². The van der Waals surface area contributed by atoms with Crippen LogP contribution < -0.4 is 0 Å². The van der Waals surface area contributed by atoms with E-state index >= 15 is 0 Å². The van der Waals surface area contributed by atoms with Crippen LogP contribution in [-0.2, 0) is 14.8 Å². The molecule has 0 aromatic heterocycles. The number of carboxylic acid groups (broad SMARTS) is 1. The van der Waals surface area contributed by atoms with Crippen LogP contribution in [0, 0.1) is 5.92 Å². The molecule has 114 valence electrons. The second kappa shape index (κ2) is 5.22. The molecular formula is C13H13BrClNO4S. The van der Waals surface area contributed by atoms with Gasteiger partial charge in [-0.2, -0.15) is 4.31 Å². The van der Waals surface area contributed by atoms with Crippen LogP contribution in [0.3, 0.4) is 0 Å². The maximum Gasteiger partial charge on any atom is 0.308 e. The molecule has 2 saturated heterocycles. The number of carbonyl (C=O) groups is 1. The lowest BCUT2D eigenvalue weighted by molar-refractivity contribution is -0.142. The molecule has 0 amide bonds. The summed E-state index contributed by atoms with van der Waals surface area (Å²) in [6.07, 6.45) is 1.72. The van der Waals surface area contributed by atoms with Crippen molar-refractivity contribution in [3.63, 3.8) is 0 Å². The van der Waals surface area contributed by atoms with Crippen LogP contribution in [0.1, 0.15) is 19.3 Å². The molecule has 3 rings (SSSR count). The molecule has 0 radical (unpaired) electrons. The number of rotatable bonds is 3. The van der Waals surface area contributed by atoms with Gasteiger partial charge in [0, 0.05) is 21.6 Å². The number of aliphatic carboxylic acids is 1. The Balaban J connectivity index is 2.02. The van der Waals surface area contributed by atoms with Crippen molar-refractivity contribution in [3.8, 4) is 0 Å². The molecule has 5 nitrogen and oxygen atoms in total. The third-order valence-corrected chi connectivity index (χ3v) is 7.43. The average Bonchev–Trinajstić information content (AvgIpc) is 2.96. The quantitative estimate of drug-likeness (QED) is 0.855. The summed E-state index contributed by atoms with van der Waals surface area (Å²) in [5, 5.41) is 9.67. The largest absolute Gasteiger partial charge is 0.481 e. The van der Waals surface area contributed by atoms with Gasteiger partial charge in [-0.15, -0.1) is 0 Å². The van der Waals surface area contributed by atoms with Gasteiger partial charge < -0.3 is 5.11 Å². The maximum absolute atomic E-state index is 12.9. The molecule has 0 aliphatic carbocycles. The minimum atomic E-state index is -3.72. The van der Waals surface area contributed by atoms with E-state index in [1.165, 1.54) is 22.5 Å². The lowest BCUT2D eigenvalue weighted by atomic mass is 9.89. The van der Waals surface area contributed by atoms with E-state index in [1.54, 1.807) is 0 Å². The topological polar surface area (TPSA) is 74.7 Å². The fraction of sp³-hybridized carbons (Fsp3) is 0.462. The Hall–Kier alpha value is -0.630. The number of carboxylic acids is 1. The van der Waals surface area contributed by atoms with Crippen LogP contribution >= 0.6 is 27.5 Å². The predicted molar refractivity (Wildman–Crippen MR) is 80.7 cm³/mol. The Labute approximate surface area is 136 Å². The van der Waals surface area contributed by atoms with Gasteiger partial charge in [0.1, 0.15) is 0 Å². The van der Waals surface area contributed by atoms with Crippen molar-refractivity contribution in [2.24, 2.45) is 5.92 Å². The van der Waals surface area contributed by atoms with E-state index < -0.39 is 28.0 Å². The molecule has 2 aliphatic heterocycles. The summed E-state index contributed by atoms with van der Waals surface area (Å²) >= 11 is 9.07. The Kier molecular flexibility index (Phi) is 3.80. The van der Waals surface area contributed by atoms with Gasteiger partial charge in [0.25, 0.3) is 0 Å². The Morgan fingerprint density at radius 2 is 2.10 bits per heavy atom.